The third-order valence-electron chi connectivity index (χ3n) is 2.99. The first-order valence-electron chi connectivity index (χ1n) is 5.51. The highest BCUT2D eigenvalue weighted by Gasteiger charge is 2.16. The second-order valence-electron chi connectivity index (χ2n) is 4.17. The van der Waals surface area contributed by atoms with E-state index >= 15 is 0 Å². The topological polar surface area (TPSA) is 68.3 Å². The van der Waals surface area contributed by atoms with Crippen LogP contribution in [0, 0.1) is 0 Å². The average molecular weight is 277 g/mol. The number of rotatable bonds is 2. The number of carboxylic acids is 1. The second kappa shape index (κ2) is 4.13. The predicted molar refractivity (Wildman–Crippen MR) is 70.4 cm³/mol. The maximum absolute atomic E-state index is 10.8. The molecule has 0 amide bonds. The van der Waals surface area contributed by atoms with E-state index in [-0.39, 0.29) is 5.69 Å². The van der Waals surface area contributed by atoms with Crippen molar-refractivity contribution in [1.29, 1.82) is 0 Å². The Labute approximate surface area is 113 Å². The number of carboxylic acid groups (broad SMARTS) is 1. The molecule has 0 atom stereocenters. The lowest BCUT2D eigenvalue weighted by atomic mass is 10.2. The number of hydrogen-bond acceptors (Lipinski definition) is 3. The van der Waals surface area contributed by atoms with Crippen molar-refractivity contribution in [2.45, 2.75) is 0 Å². The molecule has 1 N–H and O–H groups in total. The van der Waals surface area contributed by atoms with Crippen LogP contribution in [0.15, 0.2) is 34.9 Å². The highest BCUT2D eigenvalue weighted by molar-refractivity contribution is 6.31. The van der Waals surface area contributed by atoms with E-state index < -0.39 is 5.97 Å². The minimum Gasteiger partial charge on any atom is -0.476 e. The van der Waals surface area contributed by atoms with Crippen molar-refractivity contribution in [2.75, 3.05) is 0 Å². The molecule has 0 aliphatic rings. The van der Waals surface area contributed by atoms with Gasteiger partial charge in [-0.2, -0.15) is 0 Å². The van der Waals surface area contributed by atoms with E-state index in [1.807, 2.05) is 29.8 Å². The molecule has 0 bridgehead atoms. The Balaban J connectivity index is 2.19. The van der Waals surface area contributed by atoms with Gasteiger partial charge in [-0.1, -0.05) is 22.8 Å². The van der Waals surface area contributed by atoms with Gasteiger partial charge in [0.05, 0.1) is 5.69 Å². The quantitative estimate of drug-likeness (QED) is 0.780. The first-order valence-corrected chi connectivity index (χ1v) is 5.89. The molecule has 19 heavy (non-hydrogen) atoms. The molecular formula is C13H9ClN2O3. The SMILES string of the molecule is Cn1c(-c2cc(C(=O)O)no2)cc2ccc(Cl)cc21. The third-order valence-corrected chi connectivity index (χ3v) is 3.22. The van der Waals surface area contributed by atoms with E-state index in [0.29, 0.717) is 10.8 Å². The fraction of sp³-hybridized carbons (Fsp3) is 0.0769. The summed E-state index contributed by atoms with van der Waals surface area (Å²) in [6, 6.07) is 8.84. The zero-order valence-corrected chi connectivity index (χ0v) is 10.7. The Kier molecular flexibility index (Phi) is 2.57. The number of hydrogen-bond donors (Lipinski definition) is 1. The Morgan fingerprint density at radius 1 is 1.37 bits per heavy atom. The van der Waals surface area contributed by atoms with Gasteiger partial charge in [0.1, 0.15) is 0 Å². The van der Waals surface area contributed by atoms with E-state index in [2.05, 4.69) is 5.16 Å². The lowest BCUT2D eigenvalue weighted by molar-refractivity contribution is 0.0686. The summed E-state index contributed by atoms with van der Waals surface area (Å²) in [5.41, 5.74) is 1.58. The standard InChI is InChI=1S/C13H9ClN2O3/c1-16-10-5-8(14)3-2-7(10)4-11(16)12-6-9(13(17)18)15-19-12/h2-6H,1H3,(H,17,18). The molecule has 0 aliphatic heterocycles. The van der Waals surface area contributed by atoms with Crippen LogP contribution in [0.5, 0.6) is 0 Å². The molecule has 1 aromatic carbocycles. The van der Waals surface area contributed by atoms with Crippen LogP contribution in [0.25, 0.3) is 22.4 Å². The number of fused-ring (bicyclic) bond motifs is 1. The Hall–Kier alpha value is -2.27. The summed E-state index contributed by atoms with van der Waals surface area (Å²) in [7, 11) is 1.86. The van der Waals surface area contributed by atoms with Crippen molar-refractivity contribution in [3.05, 3.63) is 41.0 Å². The van der Waals surface area contributed by atoms with Gasteiger partial charge in [-0.25, -0.2) is 4.79 Å². The monoisotopic (exact) mass is 276 g/mol. The Bertz CT molecular complexity index is 788. The fourth-order valence-electron chi connectivity index (χ4n) is 2.04. The van der Waals surface area contributed by atoms with E-state index in [1.54, 1.807) is 6.07 Å². The summed E-state index contributed by atoms with van der Waals surface area (Å²) >= 11 is 5.96. The van der Waals surface area contributed by atoms with Gasteiger partial charge in [-0.15, -0.1) is 0 Å². The molecule has 0 radical (unpaired) electrons. The van der Waals surface area contributed by atoms with Crippen molar-refractivity contribution >= 4 is 28.5 Å². The molecule has 0 spiro atoms. The number of aromatic carboxylic acids is 1. The summed E-state index contributed by atoms with van der Waals surface area (Å²) in [6.07, 6.45) is 0. The molecule has 0 aliphatic carbocycles. The van der Waals surface area contributed by atoms with Crippen molar-refractivity contribution in [2.24, 2.45) is 7.05 Å². The Morgan fingerprint density at radius 3 is 2.84 bits per heavy atom. The van der Waals surface area contributed by atoms with Crippen molar-refractivity contribution in [1.82, 2.24) is 9.72 Å². The van der Waals surface area contributed by atoms with Crippen LogP contribution in [0.1, 0.15) is 10.5 Å². The molecule has 3 rings (SSSR count). The third kappa shape index (κ3) is 1.88. The minimum atomic E-state index is -1.11. The number of aromatic nitrogens is 2. The van der Waals surface area contributed by atoms with Crippen LogP contribution >= 0.6 is 11.6 Å². The second-order valence-corrected chi connectivity index (χ2v) is 4.61. The highest BCUT2D eigenvalue weighted by Crippen LogP contribution is 2.29. The van der Waals surface area contributed by atoms with Gasteiger partial charge in [0.2, 0.25) is 0 Å². The molecule has 3 aromatic rings. The van der Waals surface area contributed by atoms with Gasteiger partial charge < -0.3 is 14.2 Å². The normalized spacial score (nSPS) is 11.1. The molecule has 0 fully saturated rings. The maximum Gasteiger partial charge on any atom is 0.358 e. The number of nitrogens with zero attached hydrogens (tertiary/aromatic N) is 2. The van der Waals surface area contributed by atoms with Crippen LogP contribution in [0.4, 0.5) is 0 Å². The molecule has 5 nitrogen and oxygen atoms in total. The zero-order chi connectivity index (χ0) is 13.6. The zero-order valence-electron chi connectivity index (χ0n) is 9.92. The molecular weight excluding hydrogens is 268 g/mol. The number of carbonyl (C=O) groups is 1. The van der Waals surface area contributed by atoms with Gasteiger partial charge >= 0.3 is 5.97 Å². The van der Waals surface area contributed by atoms with Gasteiger partial charge in [0, 0.05) is 29.0 Å². The van der Waals surface area contributed by atoms with Gasteiger partial charge in [-0.05, 0) is 18.2 Å². The molecule has 2 aromatic heterocycles. The van der Waals surface area contributed by atoms with Crippen molar-refractivity contribution in [3.8, 4) is 11.5 Å². The average Bonchev–Trinajstić information content (AvgIpc) is 2.95. The largest absolute Gasteiger partial charge is 0.476 e. The minimum absolute atomic E-state index is 0.113. The van der Waals surface area contributed by atoms with Crippen LogP contribution in [-0.4, -0.2) is 20.8 Å². The lowest BCUT2D eigenvalue weighted by Crippen LogP contribution is -1.94. The summed E-state index contributed by atoms with van der Waals surface area (Å²) < 4.78 is 6.95. The Morgan fingerprint density at radius 2 is 2.16 bits per heavy atom. The van der Waals surface area contributed by atoms with E-state index in [1.165, 1.54) is 6.07 Å². The molecule has 2 heterocycles. The first-order chi connectivity index (χ1) is 9.06. The summed E-state index contributed by atoms with van der Waals surface area (Å²) in [5.74, 6) is -0.705. The highest BCUT2D eigenvalue weighted by atomic mass is 35.5. The predicted octanol–water partition coefficient (Wildman–Crippen LogP) is 3.18. The number of aryl methyl sites for hydroxylation is 1. The molecule has 0 saturated carbocycles. The van der Waals surface area contributed by atoms with Crippen molar-refractivity contribution < 1.29 is 14.4 Å². The summed E-state index contributed by atoms with van der Waals surface area (Å²) in [6.45, 7) is 0. The van der Waals surface area contributed by atoms with Gasteiger partial charge in [0.25, 0.3) is 0 Å². The van der Waals surface area contributed by atoms with E-state index in [0.717, 1.165) is 16.6 Å². The first kappa shape index (κ1) is 11.8. The molecule has 0 saturated heterocycles. The fourth-order valence-corrected chi connectivity index (χ4v) is 2.20. The van der Waals surface area contributed by atoms with Gasteiger partial charge in [-0.3, -0.25) is 0 Å². The molecule has 0 unspecified atom stereocenters. The summed E-state index contributed by atoms with van der Waals surface area (Å²) in [5, 5.41) is 14.0. The smallest absolute Gasteiger partial charge is 0.358 e. The van der Waals surface area contributed by atoms with Crippen LogP contribution in [0.3, 0.4) is 0 Å². The summed E-state index contributed by atoms with van der Waals surface area (Å²) in [4.78, 5) is 10.8. The lowest BCUT2D eigenvalue weighted by Gasteiger charge is -2.00. The number of benzene rings is 1. The van der Waals surface area contributed by atoms with E-state index in [9.17, 15) is 4.79 Å². The molecule has 6 heteroatoms. The van der Waals surface area contributed by atoms with E-state index in [4.69, 9.17) is 21.2 Å². The van der Waals surface area contributed by atoms with Crippen LogP contribution in [0.2, 0.25) is 5.02 Å². The maximum atomic E-state index is 10.8. The van der Waals surface area contributed by atoms with Crippen molar-refractivity contribution in [3.63, 3.8) is 0 Å². The number of halogens is 1. The van der Waals surface area contributed by atoms with Crippen LogP contribution in [-0.2, 0) is 7.05 Å². The van der Waals surface area contributed by atoms with Crippen LogP contribution < -0.4 is 0 Å². The molecule has 96 valence electrons. The van der Waals surface area contributed by atoms with Gasteiger partial charge in [0.15, 0.2) is 11.5 Å².